The average Bonchev–Trinajstić information content (AvgIpc) is 3.26. The SMILES string of the molecule is CCOC(=O)c1cc(Cc2ccccc2)sc1NC(=S)N1CCN(C2C3CC4CC(C3)CC2C4)CC1. The van der Waals surface area contributed by atoms with E-state index < -0.39 is 0 Å². The summed E-state index contributed by atoms with van der Waals surface area (Å²) in [4.78, 5) is 18.9. The number of nitrogens with zero attached hydrogens (tertiary/aromatic N) is 2. The van der Waals surface area contributed by atoms with E-state index in [1.165, 1.54) is 37.7 Å². The number of thiocarbonyl (C=S) groups is 1. The highest BCUT2D eigenvalue weighted by molar-refractivity contribution is 7.80. The molecule has 5 nitrogen and oxygen atoms in total. The summed E-state index contributed by atoms with van der Waals surface area (Å²) in [6, 6.07) is 13.1. The Morgan fingerprint density at radius 2 is 1.69 bits per heavy atom. The van der Waals surface area contributed by atoms with E-state index in [2.05, 4.69) is 27.2 Å². The van der Waals surface area contributed by atoms with Crippen molar-refractivity contribution < 1.29 is 9.53 Å². The Morgan fingerprint density at radius 3 is 2.33 bits per heavy atom. The zero-order chi connectivity index (χ0) is 24.6. The number of benzene rings is 1. The van der Waals surface area contributed by atoms with Crippen LogP contribution in [0.25, 0.3) is 0 Å². The van der Waals surface area contributed by atoms with Crippen molar-refractivity contribution in [3.8, 4) is 0 Å². The van der Waals surface area contributed by atoms with Crippen molar-refractivity contribution >= 4 is 39.6 Å². The van der Waals surface area contributed by atoms with E-state index in [4.69, 9.17) is 17.0 Å². The molecule has 0 amide bonds. The Hall–Kier alpha value is -1.96. The molecule has 2 aromatic rings. The number of piperazine rings is 1. The van der Waals surface area contributed by atoms with Crippen LogP contribution in [0.4, 0.5) is 5.00 Å². The minimum atomic E-state index is -0.287. The van der Waals surface area contributed by atoms with Crippen LogP contribution in [0.3, 0.4) is 0 Å². The number of hydrogen-bond donors (Lipinski definition) is 1. The summed E-state index contributed by atoms with van der Waals surface area (Å²) in [5.74, 6) is 3.62. The quantitative estimate of drug-likeness (QED) is 0.390. The average molecular weight is 524 g/mol. The van der Waals surface area contributed by atoms with Gasteiger partial charge in [-0.15, -0.1) is 11.3 Å². The topological polar surface area (TPSA) is 44.8 Å². The highest BCUT2D eigenvalue weighted by atomic mass is 32.1. The largest absolute Gasteiger partial charge is 0.462 e. The highest BCUT2D eigenvalue weighted by Crippen LogP contribution is 2.55. The van der Waals surface area contributed by atoms with Gasteiger partial charge in [0.25, 0.3) is 0 Å². The maximum absolute atomic E-state index is 12.7. The third-order valence-electron chi connectivity index (χ3n) is 8.92. The molecular formula is C29H37N3O2S2. The highest BCUT2D eigenvalue weighted by Gasteiger charge is 2.50. The van der Waals surface area contributed by atoms with E-state index in [1.807, 2.05) is 31.2 Å². The third kappa shape index (κ3) is 4.94. The Kier molecular flexibility index (Phi) is 7.06. The smallest absolute Gasteiger partial charge is 0.341 e. The van der Waals surface area contributed by atoms with E-state index in [9.17, 15) is 4.79 Å². The molecule has 0 spiro atoms. The molecule has 0 unspecified atom stereocenters. The lowest BCUT2D eigenvalue weighted by Crippen LogP contribution is -2.60. The standard InChI is InChI=1S/C29H37N3O2S2/c1-2-34-28(33)25-18-24(17-19-6-4-3-5-7-19)36-27(25)30-29(35)32-10-8-31(9-11-32)26-22-13-20-12-21(15-22)16-23(26)14-20/h3-7,18,20-23,26H,2,8-17H2,1H3,(H,30,35). The number of esters is 1. The summed E-state index contributed by atoms with van der Waals surface area (Å²) < 4.78 is 5.35. The number of carbonyl (C=O) groups is 1. The number of thiophene rings is 1. The maximum atomic E-state index is 12.7. The van der Waals surface area contributed by atoms with Gasteiger partial charge in [0.05, 0.1) is 12.2 Å². The van der Waals surface area contributed by atoms with Crippen molar-refractivity contribution in [1.82, 2.24) is 9.80 Å². The van der Waals surface area contributed by atoms with Gasteiger partial charge < -0.3 is 15.0 Å². The van der Waals surface area contributed by atoms with Crippen molar-refractivity contribution in [3.05, 3.63) is 52.4 Å². The Labute approximate surface area is 224 Å². The van der Waals surface area contributed by atoms with Gasteiger partial charge in [-0.1, -0.05) is 30.3 Å². The molecule has 7 rings (SSSR count). The molecular weight excluding hydrogens is 486 g/mol. The van der Waals surface area contributed by atoms with Gasteiger partial charge in [0.2, 0.25) is 0 Å². The molecule has 1 saturated heterocycles. The predicted molar refractivity (Wildman–Crippen MR) is 150 cm³/mol. The van der Waals surface area contributed by atoms with Crippen molar-refractivity contribution in [2.45, 2.75) is 51.5 Å². The minimum Gasteiger partial charge on any atom is -0.462 e. The van der Waals surface area contributed by atoms with E-state index in [0.29, 0.717) is 12.2 Å². The summed E-state index contributed by atoms with van der Waals surface area (Å²) in [7, 11) is 0. The first-order valence-electron chi connectivity index (χ1n) is 13.7. The lowest BCUT2D eigenvalue weighted by Gasteiger charge is -2.58. The lowest BCUT2D eigenvalue weighted by molar-refractivity contribution is -0.0726. The third-order valence-corrected chi connectivity index (χ3v) is 10.3. The molecule has 1 N–H and O–H groups in total. The van der Waals surface area contributed by atoms with Crippen molar-refractivity contribution in [2.75, 3.05) is 38.1 Å². The van der Waals surface area contributed by atoms with E-state index >= 15 is 0 Å². The van der Waals surface area contributed by atoms with Crippen molar-refractivity contribution in [3.63, 3.8) is 0 Å². The van der Waals surface area contributed by atoms with Crippen LogP contribution in [0, 0.1) is 23.7 Å². The van der Waals surface area contributed by atoms with Gasteiger partial charge in [-0.2, -0.15) is 0 Å². The molecule has 1 aromatic carbocycles. The fraction of sp³-hybridized carbons (Fsp3) is 0.586. The second-order valence-corrected chi connectivity index (χ2v) is 12.7. The van der Waals surface area contributed by atoms with Gasteiger partial charge in [0.15, 0.2) is 5.11 Å². The van der Waals surface area contributed by atoms with Gasteiger partial charge in [-0.25, -0.2) is 4.79 Å². The number of carbonyl (C=O) groups excluding carboxylic acids is 1. The van der Waals surface area contributed by atoms with Crippen LogP contribution in [0.15, 0.2) is 36.4 Å². The van der Waals surface area contributed by atoms with Crippen LogP contribution in [0.5, 0.6) is 0 Å². The molecule has 7 heteroatoms. The zero-order valence-corrected chi connectivity index (χ0v) is 22.8. The van der Waals surface area contributed by atoms with Gasteiger partial charge in [-0.05, 0) is 86.5 Å². The molecule has 5 aliphatic rings. The Balaban J connectivity index is 1.10. The summed E-state index contributed by atoms with van der Waals surface area (Å²) in [5, 5.41) is 4.95. The first kappa shape index (κ1) is 24.4. The fourth-order valence-corrected chi connectivity index (χ4v) is 9.10. The fourth-order valence-electron chi connectivity index (χ4n) is 7.67. The normalized spacial score (nSPS) is 29.4. The molecule has 4 saturated carbocycles. The molecule has 0 radical (unpaired) electrons. The first-order chi connectivity index (χ1) is 17.6. The molecule has 2 heterocycles. The molecule has 1 aliphatic heterocycles. The van der Waals surface area contributed by atoms with Crippen LogP contribution in [-0.2, 0) is 11.2 Å². The van der Waals surface area contributed by atoms with Crippen LogP contribution >= 0.6 is 23.6 Å². The van der Waals surface area contributed by atoms with Gasteiger partial charge in [-0.3, -0.25) is 4.90 Å². The number of ether oxygens (including phenoxy) is 1. The Bertz CT molecular complexity index is 1070. The minimum absolute atomic E-state index is 0.287. The molecule has 4 aliphatic carbocycles. The number of anilines is 1. The second kappa shape index (κ2) is 10.4. The maximum Gasteiger partial charge on any atom is 0.341 e. The molecule has 192 valence electrons. The number of hydrogen-bond acceptors (Lipinski definition) is 5. The van der Waals surface area contributed by atoms with Gasteiger partial charge >= 0.3 is 5.97 Å². The summed E-state index contributed by atoms with van der Waals surface area (Å²) >= 11 is 7.46. The van der Waals surface area contributed by atoms with Crippen LogP contribution in [-0.4, -0.2) is 59.7 Å². The van der Waals surface area contributed by atoms with Crippen LogP contribution in [0.1, 0.15) is 59.8 Å². The summed E-state index contributed by atoms with van der Waals surface area (Å²) in [6.07, 6.45) is 8.18. The van der Waals surface area contributed by atoms with E-state index in [0.717, 1.165) is 77.3 Å². The van der Waals surface area contributed by atoms with Crippen LogP contribution in [0.2, 0.25) is 0 Å². The molecule has 0 atom stereocenters. The number of rotatable bonds is 6. The summed E-state index contributed by atoms with van der Waals surface area (Å²) in [6.45, 7) is 6.28. The summed E-state index contributed by atoms with van der Waals surface area (Å²) in [5.41, 5.74) is 1.81. The van der Waals surface area contributed by atoms with Gasteiger partial charge in [0.1, 0.15) is 5.00 Å². The molecule has 4 bridgehead atoms. The predicted octanol–water partition coefficient (Wildman–Crippen LogP) is 5.65. The monoisotopic (exact) mass is 523 g/mol. The first-order valence-corrected chi connectivity index (χ1v) is 14.9. The van der Waals surface area contributed by atoms with Crippen LogP contribution < -0.4 is 5.32 Å². The van der Waals surface area contributed by atoms with E-state index in [-0.39, 0.29) is 5.97 Å². The van der Waals surface area contributed by atoms with Gasteiger partial charge in [0, 0.05) is 43.5 Å². The lowest BCUT2D eigenvalue weighted by atomic mass is 9.54. The number of nitrogens with one attached hydrogen (secondary N) is 1. The van der Waals surface area contributed by atoms with Crippen molar-refractivity contribution in [2.24, 2.45) is 23.7 Å². The molecule has 1 aromatic heterocycles. The Morgan fingerprint density at radius 1 is 1.03 bits per heavy atom. The zero-order valence-electron chi connectivity index (χ0n) is 21.2. The molecule has 5 fully saturated rings. The molecule has 36 heavy (non-hydrogen) atoms. The second-order valence-electron chi connectivity index (χ2n) is 11.2. The van der Waals surface area contributed by atoms with E-state index in [1.54, 1.807) is 11.3 Å². The van der Waals surface area contributed by atoms with Crippen molar-refractivity contribution in [1.29, 1.82) is 0 Å².